The smallest absolute Gasteiger partial charge is 0.322 e. The van der Waals surface area contributed by atoms with Crippen molar-refractivity contribution in [2.75, 3.05) is 13.7 Å². The number of likely N-dealkylation sites (N-methyl/N-ethyl adjacent to an activating group) is 1. The molecule has 0 fully saturated rings. The molecule has 38 heavy (non-hydrogen) atoms. The molecule has 0 saturated carbocycles. The molecule has 0 aliphatic heterocycles. The van der Waals surface area contributed by atoms with Crippen LogP contribution in [0.3, 0.4) is 0 Å². The van der Waals surface area contributed by atoms with Crippen molar-refractivity contribution in [3.8, 4) is 0 Å². The maximum atomic E-state index is 11.4. The van der Waals surface area contributed by atoms with Crippen LogP contribution in [-0.4, -0.2) is 36.9 Å². The number of unbranched alkanes of at least 4 members (excludes halogenated alkanes) is 20. The lowest BCUT2D eigenvalue weighted by Crippen LogP contribution is -2.32. The van der Waals surface area contributed by atoms with Gasteiger partial charge in [-0.05, 0) is 33.2 Å². The van der Waals surface area contributed by atoms with Gasteiger partial charge in [-0.2, -0.15) is 0 Å². The second-order valence-corrected chi connectivity index (χ2v) is 11.5. The Hall–Kier alpha value is -0.610. The van der Waals surface area contributed by atoms with E-state index in [0.29, 0.717) is 6.61 Å². The molecule has 2 N–H and O–H groups in total. The Morgan fingerprint density at radius 2 is 0.895 bits per heavy atom. The van der Waals surface area contributed by atoms with E-state index in [1.165, 1.54) is 141 Å². The maximum Gasteiger partial charge on any atom is 0.322 e. The predicted molar refractivity (Wildman–Crippen MR) is 168 cm³/mol. The summed E-state index contributed by atoms with van der Waals surface area (Å²) in [6.45, 7) is 9.15. The zero-order chi connectivity index (χ0) is 28.5. The Kier molecular flexibility index (Phi) is 35.8. The first-order valence-electron chi connectivity index (χ1n) is 17.0. The van der Waals surface area contributed by atoms with Gasteiger partial charge in [0.1, 0.15) is 6.04 Å². The molecule has 2 atom stereocenters. The number of aliphatic hydroxyl groups excluding tert-OH is 1. The maximum absolute atomic E-state index is 11.4. The summed E-state index contributed by atoms with van der Waals surface area (Å²) in [5.41, 5.74) is 0. The monoisotopic (exact) mass is 542 g/mol. The molecule has 0 bridgehead atoms. The van der Waals surface area contributed by atoms with Gasteiger partial charge in [-0.15, -0.1) is 0 Å². The number of hydrogen-bond acceptors (Lipinski definition) is 4. The highest BCUT2D eigenvalue weighted by molar-refractivity contribution is 5.75. The molecule has 0 radical (unpaired) electrons. The normalized spacial score (nSPS) is 12.6. The lowest BCUT2D eigenvalue weighted by molar-refractivity contribution is -0.145. The third-order valence-electron chi connectivity index (χ3n) is 7.56. The molecule has 0 aromatic rings. The minimum absolute atomic E-state index is 0.0255. The Labute approximate surface area is 239 Å². The molecule has 0 spiro atoms. The Morgan fingerprint density at radius 1 is 0.579 bits per heavy atom. The largest absolute Gasteiger partial charge is 0.465 e. The van der Waals surface area contributed by atoms with Gasteiger partial charge in [0.2, 0.25) is 0 Å². The fourth-order valence-corrected chi connectivity index (χ4v) is 4.65. The van der Waals surface area contributed by atoms with Gasteiger partial charge in [-0.1, -0.05) is 162 Å². The van der Waals surface area contributed by atoms with E-state index < -0.39 is 0 Å². The second-order valence-electron chi connectivity index (χ2n) is 11.5. The van der Waals surface area contributed by atoms with Crippen LogP contribution >= 0.6 is 0 Å². The molecule has 0 amide bonds. The average Bonchev–Trinajstić information content (AvgIpc) is 2.93. The molecular formula is C34H71NO3. The van der Waals surface area contributed by atoms with Gasteiger partial charge in [0, 0.05) is 0 Å². The van der Waals surface area contributed by atoms with Gasteiger partial charge < -0.3 is 15.2 Å². The molecule has 0 saturated heterocycles. The number of ether oxygens (including phenoxy) is 1. The third kappa shape index (κ3) is 33.4. The molecule has 0 heterocycles. The quantitative estimate of drug-likeness (QED) is 0.0764. The molecule has 0 aromatic carbocycles. The molecule has 230 valence electrons. The van der Waals surface area contributed by atoms with Crippen LogP contribution in [0.5, 0.6) is 0 Å². The zero-order valence-electron chi connectivity index (χ0n) is 26.8. The summed E-state index contributed by atoms with van der Waals surface area (Å²) in [5, 5.41) is 12.7. The van der Waals surface area contributed by atoms with Gasteiger partial charge in [-0.25, -0.2) is 0 Å². The first-order valence-corrected chi connectivity index (χ1v) is 17.0. The summed E-state index contributed by atoms with van der Waals surface area (Å²) in [7, 11) is 1.77. The highest BCUT2D eigenvalue weighted by Gasteiger charge is 2.10. The van der Waals surface area contributed by atoms with Crippen LogP contribution in [0, 0.1) is 0 Å². The molecular weight excluding hydrogens is 470 g/mol. The van der Waals surface area contributed by atoms with Gasteiger partial charge in [-0.3, -0.25) is 4.79 Å². The second kappa shape index (κ2) is 34.4. The summed E-state index contributed by atoms with van der Waals surface area (Å²) in [6.07, 6.45) is 32.5. The van der Waals surface area contributed by atoms with Crippen LogP contribution in [0.4, 0.5) is 0 Å². The van der Waals surface area contributed by atoms with E-state index in [9.17, 15) is 9.90 Å². The highest BCUT2D eigenvalue weighted by atomic mass is 16.5. The van der Waals surface area contributed by atoms with Gasteiger partial charge in [0.25, 0.3) is 0 Å². The van der Waals surface area contributed by atoms with Gasteiger partial charge in [0.15, 0.2) is 0 Å². The van der Waals surface area contributed by atoms with E-state index in [1.54, 1.807) is 7.05 Å². The van der Waals surface area contributed by atoms with Crippen molar-refractivity contribution >= 4 is 5.97 Å². The number of rotatable bonds is 28. The Bertz CT molecular complexity index is 443. The number of aliphatic hydroxyl groups is 1. The molecule has 2 unspecified atom stereocenters. The average molecular weight is 542 g/mol. The van der Waals surface area contributed by atoms with Crippen molar-refractivity contribution in [3.63, 3.8) is 0 Å². The lowest BCUT2D eigenvalue weighted by Gasteiger charge is -2.09. The summed E-state index contributed by atoms with van der Waals surface area (Å²) in [6, 6.07) is -0.192. The summed E-state index contributed by atoms with van der Waals surface area (Å²) in [4.78, 5) is 11.4. The van der Waals surface area contributed by atoms with Crippen molar-refractivity contribution in [2.45, 2.75) is 200 Å². The minimum atomic E-state index is -0.192. The van der Waals surface area contributed by atoms with Crippen LogP contribution in [0.15, 0.2) is 0 Å². The van der Waals surface area contributed by atoms with Crippen LogP contribution in [0.25, 0.3) is 0 Å². The number of nitrogens with one attached hydrogen (secondary N) is 1. The lowest BCUT2D eigenvalue weighted by atomic mass is 10.0. The van der Waals surface area contributed by atoms with Crippen LogP contribution in [0.1, 0.15) is 188 Å². The third-order valence-corrected chi connectivity index (χ3v) is 7.56. The summed E-state index contributed by atoms with van der Waals surface area (Å²) < 4.78 is 5.19. The SMILES string of the molecule is CCCCCCCCCC(O)CCCCCC.CCCCCCCCCCCCCCOC(=O)C(C)NC. The van der Waals surface area contributed by atoms with E-state index >= 15 is 0 Å². The van der Waals surface area contributed by atoms with Crippen LogP contribution in [0.2, 0.25) is 0 Å². The Morgan fingerprint density at radius 3 is 1.26 bits per heavy atom. The van der Waals surface area contributed by atoms with Crippen molar-refractivity contribution in [3.05, 3.63) is 0 Å². The summed E-state index contributed by atoms with van der Waals surface area (Å²) in [5.74, 6) is -0.138. The van der Waals surface area contributed by atoms with Crippen LogP contribution in [-0.2, 0) is 9.53 Å². The molecule has 0 aliphatic carbocycles. The van der Waals surface area contributed by atoms with E-state index in [0.717, 1.165) is 19.3 Å². The first kappa shape index (κ1) is 39.5. The van der Waals surface area contributed by atoms with Gasteiger partial charge in [0.05, 0.1) is 12.7 Å². The number of esters is 1. The summed E-state index contributed by atoms with van der Waals surface area (Å²) >= 11 is 0. The fourth-order valence-electron chi connectivity index (χ4n) is 4.65. The number of carbonyl (C=O) groups is 1. The first-order chi connectivity index (χ1) is 18.5. The standard InChI is InChI=1S/C18H37NO2.C16H34O/c1-4-5-6-7-8-9-10-11-12-13-14-15-16-21-18(20)17(2)19-3;1-3-5-7-9-10-11-13-15-16(17)14-12-8-6-4-2/h17,19H,4-16H2,1-3H3;16-17H,3-15H2,1-2H3. The molecule has 4 heteroatoms. The zero-order valence-corrected chi connectivity index (χ0v) is 26.8. The van der Waals surface area contributed by atoms with Crippen molar-refractivity contribution in [2.24, 2.45) is 0 Å². The topological polar surface area (TPSA) is 58.6 Å². The highest BCUT2D eigenvalue weighted by Crippen LogP contribution is 2.14. The van der Waals surface area contributed by atoms with Crippen molar-refractivity contribution < 1.29 is 14.6 Å². The fraction of sp³-hybridized carbons (Fsp3) is 0.971. The van der Waals surface area contributed by atoms with Gasteiger partial charge >= 0.3 is 5.97 Å². The molecule has 0 rings (SSSR count). The van der Waals surface area contributed by atoms with E-state index in [4.69, 9.17) is 4.74 Å². The molecule has 0 aliphatic rings. The number of hydrogen-bond donors (Lipinski definition) is 2. The minimum Gasteiger partial charge on any atom is -0.465 e. The predicted octanol–water partition coefficient (Wildman–Crippen LogP) is 10.3. The molecule has 4 nitrogen and oxygen atoms in total. The Balaban J connectivity index is 0. The van der Waals surface area contributed by atoms with Crippen molar-refractivity contribution in [1.29, 1.82) is 0 Å². The number of carbonyl (C=O) groups excluding carboxylic acids is 1. The van der Waals surface area contributed by atoms with Crippen molar-refractivity contribution in [1.82, 2.24) is 5.32 Å². The van der Waals surface area contributed by atoms with E-state index in [2.05, 4.69) is 26.1 Å². The van der Waals surface area contributed by atoms with Crippen LogP contribution < -0.4 is 5.32 Å². The van der Waals surface area contributed by atoms with E-state index in [1.807, 2.05) is 6.92 Å². The van der Waals surface area contributed by atoms with E-state index in [-0.39, 0.29) is 18.1 Å². The molecule has 0 aromatic heterocycles.